The zero-order chi connectivity index (χ0) is 29.9. The molecule has 2 nitrogen and oxygen atoms in total. The molecule has 0 unspecified atom stereocenters. The van der Waals surface area contributed by atoms with Crippen molar-refractivity contribution in [2.24, 2.45) is 0 Å². The van der Waals surface area contributed by atoms with Crippen molar-refractivity contribution in [3.63, 3.8) is 0 Å². The Labute approximate surface area is 261 Å². The third kappa shape index (κ3) is 11.4. The minimum atomic E-state index is 0.923. The zero-order valence-corrected chi connectivity index (χ0v) is 28.7. The summed E-state index contributed by atoms with van der Waals surface area (Å²) in [6.45, 7) is 13.5. The molecule has 0 spiro atoms. The first-order chi connectivity index (χ1) is 20.1. The van der Waals surface area contributed by atoms with Gasteiger partial charge in [0, 0.05) is 22.3 Å². The van der Waals surface area contributed by atoms with Crippen LogP contribution in [0.3, 0.4) is 0 Å². The summed E-state index contributed by atoms with van der Waals surface area (Å²) in [6, 6.07) is 17.8. The van der Waals surface area contributed by atoms with Crippen LogP contribution in [0.4, 0.5) is 0 Å². The third-order valence-electron chi connectivity index (χ3n) is 7.85. The van der Waals surface area contributed by atoms with Crippen molar-refractivity contribution in [3.8, 4) is 0 Å². The van der Waals surface area contributed by atoms with E-state index >= 15 is 0 Å². The van der Waals surface area contributed by atoms with Crippen LogP contribution >= 0.6 is 0 Å². The van der Waals surface area contributed by atoms with Gasteiger partial charge in [-0.2, -0.15) is 0 Å². The van der Waals surface area contributed by atoms with E-state index in [0.29, 0.717) is 0 Å². The van der Waals surface area contributed by atoms with Gasteiger partial charge in [-0.25, -0.2) is 4.70 Å². The van der Waals surface area contributed by atoms with E-state index in [-0.39, 0.29) is 0 Å². The fourth-order valence-corrected chi connectivity index (χ4v) is 6.45. The summed E-state index contributed by atoms with van der Waals surface area (Å²) in [5, 5.41) is 0. The van der Waals surface area contributed by atoms with Crippen molar-refractivity contribution < 1.29 is 22.7 Å². The van der Waals surface area contributed by atoms with E-state index in [1.807, 2.05) is 0 Å². The van der Waals surface area contributed by atoms with E-state index in [4.69, 9.17) is 0 Å². The van der Waals surface area contributed by atoms with Gasteiger partial charge in [-0.3, -0.25) is 0 Å². The monoisotopic (exact) mass is 648 g/mol. The van der Waals surface area contributed by atoms with Crippen LogP contribution in [0.5, 0.6) is 0 Å². The van der Waals surface area contributed by atoms with E-state index in [1.165, 1.54) is 88.1 Å². The maximum absolute atomic E-state index is 11.7. The Balaban J connectivity index is 0.00000108. The molecule has 1 aliphatic heterocycles. The van der Waals surface area contributed by atoms with Crippen LogP contribution in [0.1, 0.15) is 141 Å². The Hall–Kier alpha value is -1.82. The number of hydrogen-bond acceptors (Lipinski definition) is 0. The van der Waals surface area contributed by atoms with Gasteiger partial charge in [0.25, 0.3) is 0 Å². The van der Waals surface area contributed by atoms with Crippen LogP contribution in [0.25, 0.3) is 16.9 Å². The standard InChI is InChI=1S/C34H48N2.2C2H5.Pd/c1-5-9-12-14-18-27-20-16-22-29(25-27)33-31(8-4)32(24-11-7-3)34(36(33)35)30-23-17-21-28(26-30)19-15-13-10-6-2;2*1-2;/h16-17,20-23,25-26H,5-15,18-19,24H2,1-4H3;2*1H2,2H3;. The first kappa shape index (κ1) is 35.4. The van der Waals surface area contributed by atoms with Crippen LogP contribution in [0, 0.1) is 0 Å². The molecule has 2 aromatic rings. The fraction of sp³-hybridized carbons (Fsp3) is 0.579. The molecule has 0 radical (unpaired) electrons. The summed E-state index contributed by atoms with van der Waals surface area (Å²) in [5.41, 5.74) is 21.4. The van der Waals surface area contributed by atoms with Crippen LogP contribution in [0.2, 0.25) is 9.79 Å². The number of allylic oxidation sites excluding steroid dienone is 2. The second-order valence-corrected chi connectivity index (χ2v) is 14.0. The van der Waals surface area contributed by atoms with Crippen LogP contribution in [-0.2, 0) is 30.8 Å². The van der Waals surface area contributed by atoms with E-state index in [2.05, 4.69) is 90.1 Å². The molecule has 0 amide bonds. The number of aryl methyl sites for hydroxylation is 2. The summed E-state index contributed by atoms with van der Waals surface area (Å²) in [5.74, 6) is 0. The first-order valence-electron chi connectivity index (χ1n) is 16.6. The van der Waals surface area contributed by atoms with E-state index in [1.54, 1.807) is 0 Å². The Kier molecular flexibility index (Phi) is 18.1. The van der Waals surface area contributed by atoms with E-state index in [9.17, 15) is 5.53 Å². The Bertz CT molecular complexity index is 1110. The summed E-state index contributed by atoms with van der Waals surface area (Å²) in [6.07, 6.45) is 16.6. The van der Waals surface area contributed by atoms with Gasteiger partial charge in [0.15, 0.2) is 0 Å². The van der Waals surface area contributed by atoms with Gasteiger partial charge < -0.3 is 5.53 Å². The van der Waals surface area contributed by atoms with Crippen molar-refractivity contribution in [3.05, 3.63) is 87.5 Å². The van der Waals surface area contributed by atoms with Crippen LogP contribution < -0.4 is 0 Å². The Morgan fingerprint density at radius 1 is 0.561 bits per heavy atom. The molecule has 0 saturated carbocycles. The summed E-state index contributed by atoms with van der Waals surface area (Å²) >= 11 is 1.04. The summed E-state index contributed by atoms with van der Waals surface area (Å²) < 4.78 is 1.52. The van der Waals surface area contributed by atoms with Crippen LogP contribution in [0.15, 0.2) is 59.7 Å². The molecule has 0 fully saturated rings. The van der Waals surface area contributed by atoms with Crippen molar-refractivity contribution in [1.29, 1.82) is 0 Å². The molecule has 3 heteroatoms. The Morgan fingerprint density at radius 2 is 1.05 bits per heavy atom. The second kappa shape index (κ2) is 21.0. The summed E-state index contributed by atoms with van der Waals surface area (Å²) in [7, 11) is 0. The molecule has 0 N–H and O–H groups in total. The van der Waals surface area contributed by atoms with Gasteiger partial charge >= 0.3 is 41.6 Å². The quantitative estimate of drug-likeness (QED) is 0.0873. The van der Waals surface area contributed by atoms with E-state index < -0.39 is 0 Å². The molecule has 0 saturated heterocycles. The van der Waals surface area contributed by atoms with Gasteiger partial charge in [0.05, 0.1) is 0 Å². The zero-order valence-electron chi connectivity index (χ0n) is 27.1. The molecule has 0 aromatic heterocycles. The average molecular weight is 649 g/mol. The predicted molar refractivity (Wildman–Crippen MR) is 177 cm³/mol. The number of nitrogens with zero attached hydrogens (tertiary/aromatic N) is 2. The number of hydrogen-bond donors (Lipinski definition) is 0. The fourth-order valence-electron chi connectivity index (χ4n) is 5.67. The van der Waals surface area contributed by atoms with Crippen molar-refractivity contribution >= 4 is 11.4 Å². The molecule has 1 aliphatic rings. The molecule has 0 aliphatic carbocycles. The molecule has 41 heavy (non-hydrogen) atoms. The van der Waals surface area contributed by atoms with Gasteiger partial charge in [-0.15, -0.1) is 0 Å². The average Bonchev–Trinajstić information content (AvgIpc) is 3.28. The first-order valence-corrected chi connectivity index (χ1v) is 18.8. The van der Waals surface area contributed by atoms with Crippen molar-refractivity contribution in [2.45, 2.75) is 141 Å². The van der Waals surface area contributed by atoms with Gasteiger partial charge in [0.1, 0.15) is 0 Å². The van der Waals surface area contributed by atoms with E-state index in [0.717, 1.165) is 79.0 Å². The molecular formula is C38H58N2Pd. The SMILES string of the molecule is CCCCCCc1cccc(C2=C(CC)C(CCCC)=C(c3cccc(CCCCCC)c3)[N+]2=[N-])c1.C[CH2][Pd][CH2]C. The maximum atomic E-state index is 11.7. The number of rotatable bonds is 18. The van der Waals surface area contributed by atoms with Crippen LogP contribution in [-0.4, -0.2) is 4.70 Å². The van der Waals surface area contributed by atoms with Crippen molar-refractivity contribution in [2.75, 3.05) is 0 Å². The minimum absolute atomic E-state index is 0.923. The number of benzene rings is 2. The van der Waals surface area contributed by atoms with Gasteiger partial charge in [-0.05, 0) is 80.3 Å². The molecular weight excluding hydrogens is 591 g/mol. The third-order valence-corrected chi connectivity index (χ3v) is 9.40. The molecule has 230 valence electrons. The number of unbranched alkanes of at least 4 members (excludes halogenated alkanes) is 7. The van der Waals surface area contributed by atoms with Gasteiger partial charge in [0.2, 0.25) is 11.4 Å². The molecule has 2 aromatic carbocycles. The second-order valence-electron chi connectivity index (χ2n) is 11.1. The van der Waals surface area contributed by atoms with Gasteiger partial charge in [-0.1, -0.05) is 96.9 Å². The van der Waals surface area contributed by atoms with Crippen molar-refractivity contribution in [1.82, 2.24) is 0 Å². The predicted octanol–water partition coefficient (Wildman–Crippen LogP) is 12.6. The topological polar surface area (TPSA) is 25.3 Å². The molecule has 0 bridgehead atoms. The normalized spacial score (nSPS) is 13.3. The summed E-state index contributed by atoms with van der Waals surface area (Å²) in [4.78, 5) is 2.79. The molecule has 1 heterocycles. The Morgan fingerprint density at radius 3 is 1.46 bits per heavy atom. The molecule has 3 rings (SSSR count). The molecule has 0 atom stereocenters.